The molecule has 1 heterocycles. The van der Waals surface area contributed by atoms with E-state index in [1.54, 1.807) is 6.92 Å². The highest BCUT2D eigenvalue weighted by molar-refractivity contribution is 5.79. The van der Waals surface area contributed by atoms with Crippen LogP contribution in [0.25, 0.3) is 11.4 Å². The van der Waals surface area contributed by atoms with E-state index in [-0.39, 0.29) is 18.6 Å². The van der Waals surface area contributed by atoms with Crippen LogP contribution in [-0.2, 0) is 4.79 Å². The fourth-order valence-corrected chi connectivity index (χ4v) is 3.38. The van der Waals surface area contributed by atoms with Gasteiger partial charge in [-0.1, -0.05) is 30.3 Å². The summed E-state index contributed by atoms with van der Waals surface area (Å²) >= 11 is 0. The molecule has 0 saturated heterocycles. The lowest BCUT2D eigenvalue weighted by Gasteiger charge is -2.35. The van der Waals surface area contributed by atoms with Gasteiger partial charge in [0.25, 0.3) is 0 Å². The van der Waals surface area contributed by atoms with Crippen LogP contribution in [0.1, 0.15) is 38.6 Å². The highest BCUT2D eigenvalue weighted by atomic mass is 16.3. The molecule has 25 heavy (non-hydrogen) atoms. The zero-order valence-corrected chi connectivity index (χ0v) is 14.7. The van der Waals surface area contributed by atoms with Gasteiger partial charge in [-0.3, -0.25) is 4.79 Å². The van der Waals surface area contributed by atoms with Crippen LogP contribution >= 0.6 is 0 Å². The molecule has 1 aliphatic rings. The van der Waals surface area contributed by atoms with Crippen LogP contribution in [0.4, 0.5) is 0 Å². The number of amides is 1. The first kappa shape index (κ1) is 17.5. The van der Waals surface area contributed by atoms with Crippen molar-refractivity contribution in [3.8, 4) is 11.4 Å². The number of aromatic nitrogens is 4. The van der Waals surface area contributed by atoms with E-state index in [1.807, 2.05) is 42.3 Å². The molecule has 0 spiro atoms. The summed E-state index contributed by atoms with van der Waals surface area (Å²) in [6.45, 7) is 2.04. The van der Waals surface area contributed by atoms with Gasteiger partial charge in [0, 0.05) is 25.3 Å². The molecule has 0 radical (unpaired) electrons. The average molecular weight is 343 g/mol. The number of carbonyl (C=O) groups is 1. The maximum atomic E-state index is 12.8. The van der Waals surface area contributed by atoms with Crippen LogP contribution in [0.3, 0.4) is 0 Å². The summed E-state index contributed by atoms with van der Waals surface area (Å²) < 4.78 is 0. The maximum absolute atomic E-state index is 12.8. The molecule has 1 amide bonds. The molecule has 7 heteroatoms. The second-order valence-corrected chi connectivity index (χ2v) is 6.78. The molecule has 1 aromatic heterocycles. The van der Waals surface area contributed by atoms with E-state index in [2.05, 4.69) is 15.4 Å². The topological polar surface area (TPSA) is 84.1 Å². The lowest BCUT2D eigenvalue weighted by atomic mass is 9.86. The van der Waals surface area contributed by atoms with Gasteiger partial charge < -0.3 is 10.0 Å². The molecule has 1 aromatic carbocycles. The Morgan fingerprint density at radius 3 is 2.60 bits per heavy atom. The van der Waals surface area contributed by atoms with E-state index in [1.165, 1.54) is 4.80 Å². The van der Waals surface area contributed by atoms with Crippen molar-refractivity contribution in [2.45, 2.75) is 44.7 Å². The zero-order valence-electron chi connectivity index (χ0n) is 14.7. The molecule has 1 aliphatic carbocycles. The highest BCUT2D eigenvalue weighted by Crippen LogP contribution is 2.27. The number of rotatable bonds is 5. The number of hydrogen-bond donors (Lipinski definition) is 1. The number of carbonyl (C=O) groups excluding carboxylic acids is 1. The molecular weight excluding hydrogens is 318 g/mol. The number of hydrogen-bond acceptors (Lipinski definition) is 5. The van der Waals surface area contributed by atoms with Gasteiger partial charge in [0.05, 0.1) is 0 Å². The van der Waals surface area contributed by atoms with Crippen LogP contribution in [0.2, 0.25) is 0 Å². The lowest BCUT2D eigenvalue weighted by molar-refractivity contribution is -0.136. The monoisotopic (exact) mass is 343 g/mol. The lowest BCUT2D eigenvalue weighted by Crippen LogP contribution is -2.43. The van der Waals surface area contributed by atoms with Gasteiger partial charge in [-0.2, -0.15) is 4.80 Å². The average Bonchev–Trinajstić information content (AvgIpc) is 3.17. The second kappa shape index (κ2) is 7.74. The van der Waals surface area contributed by atoms with E-state index in [4.69, 9.17) is 0 Å². The SMILES string of the molecule is CC(C(=O)N(C)C1CCC(CO)CC1)n1nnc(-c2ccccc2)n1. The van der Waals surface area contributed by atoms with Gasteiger partial charge in [-0.15, -0.1) is 10.2 Å². The Morgan fingerprint density at radius 1 is 1.28 bits per heavy atom. The van der Waals surface area contributed by atoms with Gasteiger partial charge >= 0.3 is 0 Å². The second-order valence-electron chi connectivity index (χ2n) is 6.78. The number of tetrazole rings is 1. The first-order valence-electron chi connectivity index (χ1n) is 8.82. The minimum atomic E-state index is -0.495. The summed E-state index contributed by atoms with van der Waals surface area (Å²) in [6.07, 6.45) is 3.79. The first-order chi connectivity index (χ1) is 12.1. The third kappa shape index (κ3) is 3.87. The molecule has 1 unspecified atom stereocenters. The van der Waals surface area contributed by atoms with Crippen LogP contribution in [-0.4, -0.2) is 55.8 Å². The highest BCUT2D eigenvalue weighted by Gasteiger charge is 2.30. The predicted octanol–water partition coefficient (Wildman–Crippen LogP) is 1.91. The molecule has 1 atom stereocenters. The van der Waals surface area contributed by atoms with Gasteiger partial charge in [-0.05, 0) is 43.7 Å². The third-order valence-electron chi connectivity index (χ3n) is 5.13. The van der Waals surface area contributed by atoms with Crippen LogP contribution in [0.15, 0.2) is 30.3 Å². The van der Waals surface area contributed by atoms with Crippen molar-refractivity contribution in [3.05, 3.63) is 30.3 Å². The smallest absolute Gasteiger partial charge is 0.249 e. The van der Waals surface area contributed by atoms with Crippen LogP contribution in [0, 0.1) is 5.92 Å². The van der Waals surface area contributed by atoms with Crippen molar-refractivity contribution in [3.63, 3.8) is 0 Å². The Balaban J connectivity index is 1.65. The summed E-state index contributed by atoms with van der Waals surface area (Å²) in [5.41, 5.74) is 0.879. The summed E-state index contributed by atoms with van der Waals surface area (Å²) in [4.78, 5) is 16.0. The Labute approximate surface area is 147 Å². The molecule has 7 nitrogen and oxygen atoms in total. The minimum absolute atomic E-state index is 0.00976. The normalized spacial score (nSPS) is 21.7. The van der Waals surface area contributed by atoms with Crippen molar-refractivity contribution in [1.29, 1.82) is 0 Å². The Kier molecular flexibility index (Phi) is 5.43. The largest absolute Gasteiger partial charge is 0.396 e. The molecule has 0 bridgehead atoms. The number of aliphatic hydroxyl groups excluding tert-OH is 1. The Bertz CT molecular complexity index is 695. The molecular formula is C18H25N5O2. The predicted molar refractivity (Wildman–Crippen MR) is 93.6 cm³/mol. The van der Waals surface area contributed by atoms with Gasteiger partial charge in [0.1, 0.15) is 6.04 Å². The fraction of sp³-hybridized carbons (Fsp3) is 0.556. The molecule has 1 fully saturated rings. The number of benzene rings is 1. The summed E-state index contributed by atoms with van der Waals surface area (Å²) in [7, 11) is 1.85. The van der Waals surface area contributed by atoms with E-state index >= 15 is 0 Å². The standard InChI is InChI=1S/C18H25N5O2/c1-13(18(25)22(2)16-10-8-14(12-24)9-11-16)23-20-17(19-21-23)15-6-4-3-5-7-15/h3-7,13-14,16,24H,8-12H2,1-2H3. The zero-order chi connectivity index (χ0) is 17.8. The van der Waals surface area contributed by atoms with Crippen molar-refractivity contribution in [2.75, 3.05) is 13.7 Å². The Hall–Kier alpha value is -2.28. The molecule has 1 N–H and O–H groups in total. The number of nitrogens with zero attached hydrogens (tertiary/aromatic N) is 5. The van der Waals surface area contributed by atoms with Gasteiger partial charge in [-0.25, -0.2) is 0 Å². The van der Waals surface area contributed by atoms with Crippen molar-refractivity contribution in [2.24, 2.45) is 5.92 Å². The van der Waals surface area contributed by atoms with Gasteiger partial charge in [0.2, 0.25) is 11.7 Å². The van der Waals surface area contributed by atoms with Crippen LogP contribution < -0.4 is 0 Å². The Morgan fingerprint density at radius 2 is 1.96 bits per heavy atom. The van der Waals surface area contributed by atoms with E-state index < -0.39 is 6.04 Å². The molecule has 3 rings (SSSR count). The van der Waals surface area contributed by atoms with Gasteiger partial charge in [0.15, 0.2) is 0 Å². The summed E-state index contributed by atoms with van der Waals surface area (Å²) in [6, 6.07) is 9.32. The third-order valence-corrected chi connectivity index (χ3v) is 5.13. The van der Waals surface area contributed by atoms with Crippen molar-refractivity contribution >= 4 is 5.91 Å². The maximum Gasteiger partial charge on any atom is 0.249 e. The fourth-order valence-electron chi connectivity index (χ4n) is 3.38. The minimum Gasteiger partial charge on any atom is -0.396 e. The quantitative estimate of drug-likeness (QED) is 0.896. The van der Waals surface area contributed by atoms with Crippen LogP contribution in [0.5, 0.6) is 0 Å². The first-order valence-corrected chi connectivity index (χ1v) is 8.82. The van der Waals surface area contributed by atoms with E-state index in [0.29, 0.717) is 11.7 Å². The molecule has 134 valence electrons. The summed E-state index contributed by atoms with van der Waals surface area (Å²) in [5.74, 6) is 0.887. The van der Waals surface area contributed by atoms with Crippen molar-refractivity contribution < 1.29 is 9.90 Å². The number of likely N-dealkylation sites (N-methyl/N-ethyl adjacent to an activating group) is 1. The number of aliphatic hydroxyl groups is 1. The summed E-state index contributed by atoms with van der Waals surface area (Å²) in [5, 5.41) is 21.7. The van der Waals surface area contributed by atoms with Crippen molar-refractivity contribution in [1.82, 2.24) is 25.1 Å². The van der Waals surface area contributed by atoms with E-state index in [9.17, 15) is 9.90 Å². The molecule has 1 saturated carbocycles. The molecule has 0 aliphatic heterocycles. The van der Waals surface area contributed by atoms with E-state index in [0.717, 1.165) is 31.2 Å². The molecule has 2 aromatic rings.